The Morgan fingerprint density at radius 3 is 2.52 bits per heavy atom. The van der Waals surface area contributed by atoms with Gasteiger partial charge >= 0.3 is 0 Å². The number of likely N-dealkylation sites (tertiary alicyclic amines) is 1. The van der Waals surface area contributed by atoms with Crippen LogP contribution in [0.2, 0.25) is 0 Å². The van der Waals surface area contributed by atoms with Crippen LogP contribution in [0.15, 0.2) is 18.3 Å². The molecule has 2 fully saturated rings. The Kier molecular flexibility index (Phi) is 5.36. The van der Waals surface area contributed by atoms with Gasteiger partial charge in [-0.3, -0.25) is 14.9 Å². The first-order valence-electron chi connectivity index (χ1n) is 11.3. The lowest BCUT2D eigenvalue weighted by Gasteiger charge is -2.31. The van der Waals surface area contributed by atoms with Crippen LogP contribution in [-0.4, -0.2) is 52.2 Å². The van der Waals surface area contributed by atoms with Gasteiger partial charge in [-0.2, -0.15) is 5.10 Å². The molecule has 6 nitrogen and oxygen atoms in total. The summed E-state index contributed by atoms with van der Waals surface area (Å²) in [4.78, 5) is 19.4. The van der Waals surface area contributed by atoms with E-state index in [0.29, 0.717) is 17.5 Å². The zero-order valence-electron chi connectivity index (χ0n) is 17.1. The summed E-state index contributed by atoms with van der Waals surface area (Å²) in [5.74, 6) is 1.15. The molecule has 2 aliphatic heterocycles. The Labute approximate surface area is 172 Å². The standard InChI is InChI=1S/C23H31N5O/c29-23(22-13-18-3-1-2-4-19(18)15-25-22)28-11-7-17(8-12-28)21-14-20(26-27-21)16-5-9-24-10-6-16/h13-17,24H,1-12H2,(H,26,27). The van der Waals surface area contributed by atoms with Crippen LogP contribution >= 0.6 is 0 Å². The number of amides is 1. The Morgan fingerprint density at radius 2 is 1.72 bits per heavy atom. The van der Waals surface area contributed by atoms with Gasteiger partial charge < -0.3 is 10.2 Å². The van der Waals surface area contributed by atoms with Crippen molar-refractivity contribution in [1.29, 1.82) is 0 Å². The molecule has 0 spiro atoms. The van der Waals surface area contributed by atoms with Crippen molar-refractivity contribution in [2.75, 3.05) is 26.2 Å². The summed E-state index contributed by atoms with van der Waals surface area (Å²) in [6.45, 7) is 3.77. The number of carbonyl (C=O) groups is 1. The number of aromatic nitrogens is 3. The maximum atomic E-state index is 13.0. The smallest absolute Gasteiger partial charge is 0.272 e. The second kappa shape index (κ2) is 8.27. The van der Waals surface area contributed by atoms with E-state index in [2.05, 4.69) is 26.6 Å². The number of nitrogens with zero attached hydrogens (tertiary/aromatic N) is 3. The molecule has 0 radical (unpaired) electrons. The topological polar surface area (TPSA) is 73.9 Å². The molecule has 6 heteroatoms. The highest BCUT2D eigenvalue weighted by atomic mass is 16.2. The summed E-state index contributed by atoms with van der Waals surface area (Å²) in [6, 6.07) is 4.33. The molecule has 0 aromatic carbocycles. The molecule has 5 rings (SSSR count). The van der Waals surface area contributed by atoms with Crippen molar-refractivity contribution in [2.24, 2.45) is 0 Å². The maximum Gasteiger partial charge on any atom is 0.272 e. The fourth-order valence-corrected chi connectivity index (χ4v) is 5.18. The van der Waals surface area contributed by atoms with E-state index in [1.807, 2.05) is 17.2 Å². The van der Waals surface area contributed by atoms with Gasteiger partial charge in [-0.15, -0.1) is 0 Å². The summed E-state index contributed by atoms with van der Waals surface area (Å²) < 4.78 is 0. The molecule has 1 amide bonds. The molecule has 2 N–H and O–H groups in total. The average Bonchev–Trinajstić information content (AvgIpc) is 3.29. The van der Waals surface area contributed by atoms with E-state index < -0.39 is 0 Å². The number of fused-ring (bicyclic) bond motifs is 1. The lowest BCUT2D eigenvalue weighted by atomic mass is 9.90. The van der Waals surface area contributed by atoms with Crippen LogP contribution in [0, 0.1) is 0 Å². The number of aryl methyl sites for hydroxylation is 2. The molecule has 0 saturated carbocycles. The monoisotopic (exact) mass is 393 g/mol. The number of rotatable bonds is 3. The Bertz CT molecular complexity index is 862. The van der Waals surface area contributed by atoms with Crippen molar-refractivity contribution in [3.05, 3.63) is 46.5 Å². The fourth-order valence-electron chi connectivity index (χ4n) is 5.18. The lowest BCUT2D eigenvalue weighted by Crippen LogP contribution is -2.38. The number of hydrogen-bond donors (Lipinski definition) is 2. The van der Waals surface area contributed by atoms with E-state index in [1.54, 1.807) is 0 Å². The molecule has 1 aliphatic carbocycles. The number of nitrogens with one attached hydrogen (secondary N) is 2. The van der Waals surface area contributed by atoms with E-state index in [4.69, 9.17) is 0 Å². The third-order valence-corrected chi connectivity index (χ3v) is 7.04. The van der Waals surface area contributed by atoms with Crippen LogP contribution in [0.25, 0.3) is 0 Å². The average molecular weight is 394 g/mol. The molecule has 29 heavy (non-hydrogen) atoms. The lowest BCUT2D eigenvalue weighted by molar-refractivity contribution is 0.0706. The second-order valence-electron chi connectivity index (χ2n) is 8.88. The van der Waals surface area contributed by atoms with E-state index in [-0.39, 0.29) is 5.91 Å². The van der Waals surface area contributed by atoms with Crippen molar-refractivity contribution in [3.8, 4) is 0 Å². The number of aromatic amines is 1. The van der Waals surface area contributed by atoms with Crippen LogP contribution in [0.4, 0.5) is 0 Å². The van der Waals surface area contributed by atoms with Gasteiger partial charge in [0.25, 0.3) is 5.91 Å². The highest BCUT2D eigenvalue weighted by molar-refractivity contribution is 5.92. The molecular formula is C23H31N5O. The van der Waals surface area contributed by atoms with Gasteiger partial charge in [0.15, 0.2) is 0 Å². The normalized spacial score (nSPS) is 21.2. The van der Waals surface area contributed by atoms with Crippen LogP contribution in [-0.2, 0) is 12.8 Å². The Morgan fingerprint density at radius 1 is 0.966 bits per heavy atom. The SMILES string of the molecule is O=C(c1cc2c(cn1)CCCC2)N1CCC(c2cc(C3CCNCC3)n[nH]2)CC1. The Hall–Kier alpha value is -2.21. The minimum Gasteiger partial charge on any atom is -0.337 e. The number of piperidine rings is 2. The fraction of sp³-hybridized carbons (Fsp3) is 0.609. The van der Waals surface area contributed by atoms with Crippen LogP contribution in [0.3, 0.4) is 0 Å². The molecule has 2 aromatic heterocycles. The number of H-pyrrole nitrogens is 1. The zero-order chi connectivity index (χ0) is 19.6. The Balaban J connectivity index is 1.20. The third kappa shape index (κ3) is 3.95. The predicted molar refractivity (Wildman–Crippen MR) is 112 cm³/mol. The van der Waals surface area contributed by atoms with Gasteiger partial charge in [-0.05, 0) is 87.7 Å². The quantitative estimate of drug-likeness (QED) is 0.840. The predicted octanol–water partition coefficient (Wildman–Crippen LogP) is 3.17. The molecule has 0 atom stereocenters. The first-order valence-corrected chi connectivity index (χ1v) is 11.3. The second-order valence-corrected chi connectivity index (χ2v) is 8.88. The molecule has 0 bridgehead atoms. The number of pyridine rings is 1. The summed E-state index contributed by atoms with van der Waals surface area (Å²) >= 11 is 0. The molecule has 2 saturated heterocycles. The number of carbonyl (C=O) groups excluding carboxylic acids is 1. The highest BCUT2D eigenvalue weighted by Crippen LogP contribution is 2.31. The summed E-state index contributed by atoms with van der Waals surface area (Å²) in [7, 11) is 0. The van der Waals surface area contributed by atoms with Gasteiger partial charge in [-0.25, -0.2) is 0 Å². The minimum absolute atomic E-state index is 0.0943. The first kappa shape index (κ1) is 18.8. The van der Waals surface area contributed by atoms with E-state index >= 15 is 0 Å². The molecule has 154 valence electrons. The molecular weight excluding hydrogens is 362 g/mol. The van der Waals surface area contributed by atoms with Gasteiger partial charge in [0.05, 0.1) is 5.69 Å². The molecule has 0 unspecified atom stereocenters. The van der Waals surface area contributed by atoms with Crippen molar-refractivity contribution in [2.45, 2.75) is 63.2 Å². The number of hydrogen-bond acceptors (Lipinski definition) is 4. The first-order chi connectivity index (χ1) is 14.3. The van der Waals surface area contributed by atoms with Gasteiger partial charge in [0, 0.05) is 36.8 Å². The molecule has 2 aromatic rings. The van der Waals surface area contributed by atoms with Crippen LogP contribution in [0.1, 0.15) is 83.4 Å². The summed E-state index contributed by atoms with van der Waals surface area (Å²) in [5.41, 5.74) is 5.75. The molecule has 4 heterocycles. The zero-order valence-corrected chi connectivity index (χ0v) is 17.1. The van der Waals surface area contributed by atoms with Gasteiger partial charge in [-0.1, -0.05) is 0 Å². The maximum absolute atomic E-state index is 13.0. The summed E-state index contributed by atoms with van der Waals surface area (Å²) in [6.07, 6.45) is 10.9. The third-order valence-electron chi connectivity index (χ3n) is 7.04. The largest absolute Gasteiger partial charge is 0.337 e. The van der Waals surface area contributed by atoms with Gasteiger partial charge in [0.1, 0.15) is 5.69 Å². The van der Waals surface area contributed by atoms with Crippen LogP contribution < -0.4 is 5.32 Å². The van der Waals surface area contributed by atoms with Crippen molar-refractivity contribution >= 4 is 5.91 Å². The van der Waals surface area contributed by atoms with E-state index in [9.17, 15) is 4.79 Å². The molecule has 3 aliphatic rings. The van der Waals surface area contributed by atoms with Crippen molar-refractivity contribution < 1.29 is 4.79 Å². The highest BCUT2D eigenvalue weighted by Gasteiger charge is 2.28. The van der Waals surface area contributed by atoms with E-state index in [0.717, 1.165) is 51.9 Å². The van der Waals surface area contributed by atoms with Gasteiger partial charge in [0.2, 0.25) is 0 Å². The van der Waals surface area contributed by atoms with Crippen molar-refractivity contribution in [3.63, 3.8) is 0 Å². The minimum atomic E-state index is 0.0943. The van der Waals surface area contributed by atoms with Crippen LogP contribution in [0.5, 0.6) is 0 Å². The van der Waals surface area contributed by atoms with Crippen molar-refractivity contribution in [1.82, 2.24) is 25.4 Å². The van der Waals surface area contributed by atoms with E-state index in [1.165, 1.54) is 48.2 Å². The summed E-state index contributed by atoms with van der Waals surface area (Å²) in [5, 5.41) is 11.3.